The Hall–Kier alpha value is -1.53. The van der Waals surface area contributed by atoms with Crippen LogP contribution in [0.2, 0.25) is 0 Å². The molecule has 6 heteroatoms. The van der Waals surface area contributed by atoms with Crippen LogP contribution in [0.1, 0.15) is 0 Å². The number of halogens is 1. The van der Waals surface area contributed by atoms with Crippen molar-refractivity contribution in [3.05, 3.63) is 34.5 Å². The Morgan fingerprint density at radius 3 is 2.76 bits per heavy atom. The monoisotopic (exact) mass is 353 g/mol. The van der Waals surface area contributed by atoms with Gasteiger partial charge in [-0.25, -0.2) is 0 Å². The van der Waals surface area contributed by atoms with E-state index in [9.17, 15) is 4.79 Å². The van der Waals surface area contributed by atoms with Gasteiger partial charge in [0.2, 0.25) is 17.1 Å². The van der Waals surface area contributed by atoms with Gasteiger partial charge in [0.15, 0.2) is 0 Å². The Kier molecular flexibility index (Phi) is 4.45. The second-order valence-electron chi connectivity index (χ2n) is 4.70. The first-order valence-corrected chi connectivity index (χ1v) is 8.00. The van der Waals surface area contributed by atoms with Crippen molar-refractivity contribution in [3.63, 3.8) is 0 Å². The summed E-state index contributed by atoms with van der Waals surface area (Å²) in [5, 5.41) is 1.20. The number of fused-ring (bicyclic) bond motifs is 1. The van der Waals surface area contributed by atoms with Gasteiger partial charge in [0.1, 0.15) is 5.58 Å². The molecule has 1 aromatic carbocycles. The van der Waals surface area contributed by atoms with E-state index in [-0.39, 0.29) is 11.2 Å². The van der Waals surface area contributed by atoms with Gasteiger partial charge in [-0.3, -0.25) is 4.79 Å². The fraction of sp³-hybridized carbons (Fsp3) is 0.400. The smallest absolute Gasteiger partial charge is 0.243 e. The molecule has 3 rings (SSSR count). The predicted molar refractivity (Wildman–Crippen MR) is 84.8 cm³/mol. The zero-order valence-electron chi connectivity index (χ0n) is 11.5. The van der Waals surface area contributed by atoms with Crippen molar-refractivity contribution < 1.29 is 13.9 Å². The van der Waals surface area contributed by atoms with Crippen molar-refractivity contribution in [2.75, 3.05) is 43.1 Å². The first-order valence-electron chi connectivity index (χ1n) is 6.88. The fourth-order valence-corrected chi connectivity index (χ4v) is 2.52. The summed E-state index contributed by atoms with van der Waals surface area (Å²) in [7, 11) is 0. The number of morpholine rings is 1. The predicted octanol–water partition coefficient (Wildman–Crippen LogP) is 2.40. The van der Waals surface area contributed by atoms with Crippen LogP contribution >= 0.6 is 15.9 Å². The molecule has 1 aliphatic rings. The van der Waals surface area contributed by atoms with E-state index < -0.39 is 0 Å². The maximum absolute atomic E-state index is 12.6. The van der Waals surface area contributed by atoms with Gasteiger partial charge in [-0.15, -0.1) is 0 Å². The first-order chi connectivity index (χ1) is 10.3. The van der Waals surface area contributed by atoms with E-state index in [1.807, 2.05) is 17.0 Å². The summed E-state index contributed by atoms with van der Waals surface area (Å²) < 4.78 is 16.9. The van der Waals surface area contributed by atoms with Crippen molar-refractivity contribution in [2.24, 2.45) is 0 Å². The van der Waals surface area contributed by atoms with Crippen molar-refractivity contribution in [1.82, 2.24) is 0 Å². The molecule has 1 saturated heterocycles. The molecule has 0 saturated carbocycles. The largest absolute Gasteiger partial charge is 0.484 e. The molecule has 0 radical (unpaired) electrons. The van der Waals surface area contributed by atoms with Crippen LogP contribution in [0.5, 0.6) is 5.75 Å². The summed E-state index contributed by atoms with van der Waals surface area (Å²) in [6.45, 7) is 3.03. The van der Waals surface area contributed by atoms with Gasteiger partial charge in [0, 0.05) is 18.4 Å². The number of rotatable bonds is 4. The maximum Gasteiger partial charge on any atom is 0.243 e. The summed E-state index contributed by atoms with van der Waals surface area (Å²) in [6.07, 6.45) is 0. The number of alkyl halides is 1. The van der Waals surface area contributed by atoms with Crippen LogP contribution in [-0.2, 0) is 4.74 Å². The zero-order chi connectivity index (χ0) is 14.7. The highest BCUT2D eigenvalue weighted by Gasteiger charge is 2.22. The van der Waals surface area contributed by atoms with E-state index in [2.05, 4.69) is 15.9 Å². The summed E-state index contributed by atoms with van der Waals surface area (Å²) in [6, 6.07) is 7.23. The summed E-state index contributed by atoms with van der Waals surface area (Å²) in [5.41, 5.74) is 0.453. The quantitative estimate of drug-likeness (QED) is 0.790. The van der Waals surface area contributed by atoms with Gasteiger partial charge in [0.25, 0.3) is 0 Å². The molecule has 1 fully saturated rings. The van der Waals surface area contributed by atoms with Gasteiger partial charge in [0.05, 0.1) is 25.2 Å². The number of para-hydroxylation sites is 1. The minimum Gasteiger partial charge on any atom is -0.484 e. The van der Waals surface area contributed by atoms with Crippen LogP contribution in [0, 0.1) is 0 Å². The van der Waals surface area contributed by atoms with E-state index in [1.54, 1.807) is 12.1 Å². The average Bonchev–Trinajstić information content (AvgIpc) is 2.55. The molecule has 2 aromatic rings. The van der Waals surface area contributed by atoms with Crippen LogP contribution in [-0.4, -0.2) is 38.2 Å². The maximum atomic E-state index is 12.6. The lowest BCUT2D eigenvalue weighted by atomic mass is 10.2. The number of benzene rings is 1. The van der Waals surface area contributed by atoms with E-state index >= 15 is 0 Å². The highest BCUT2D eigenvalue weighted by Crippen LogP contribution is 2.29. The van der Waals surface area contributed by atoms with Gasteiger partial charge >= 0.3 is 0 Å². The molecule has 112 valence electrons. The number of hydrogen-bond acceptors (Lipinski definition) is 5. The SMILES string of the molecule is O=c1c(OCCBr)c(N2CCOCC2)oc2ccccc12. The summed E-state index contributed by atoms with van der Waals surface area (Å²) in [5.74, 6) is 0.790. The lowest BCUT2D eigenvalue weighted by Crippen LogP contribution is -2.37. The lowest BCUT2D eigenvalue weighted by Gasteiger charge is -2.28. The average molecular weight is 354 g/mol. The number of hydrogen-bond donors (Lipinski definition) is 0. The molecule has 21 heavy (non-hydrogen) atoms. The topological polar surface area (TPSA) is 51.9 Å². The van der Waals surface area contributed by atoms with Crippen molar-refractivity contribution in [3.8, 4) is 5.75 Å². The highest BCUT2D eigenvalue weighted by molar-refractivity contribution is 9.09. The molecule has 0 amide bonds. The summed E-state index contributed by atoms with van der Waals surface area (Å²) in [4.78, 5) is 14.6. The molecule has 2 heterocycles. The Morgan fingerprint density at radius 1 is 1.24 bits per heavy atom. The normalized spacial score (nSPS) is 15.4. The molecular formula is C15H16BrNO4. The molecule has 0 bridgehead atoms. The molecule has 1 aliphatic heterocycles. The second kappa shape index (κ2) is 6.49. The summed E-state index contributed by atoms with van der Waals surface area (Å²) >= 11 is 3.31. The van der Waals surface area contributed by atoms with Gasteiger partial charge < -0.3 is 18.8 Å². The molecule has 0 N–H and O–H groups in total. The van der Waals surface area contributed by atoms with Crippen LogP contribution in [0.25, 0.3) is 11.0 Å². The van der Waals surface area contributed by atoms with Gasteiger partial charge in [-0.2, -0.15) is 0 Å². The third-order valence-electron chi connectivity index (χ3n) is 3.36. The Bertz CT molecular complexity index is 679. The molecule has 0 atom stereocenters. The molecule has 0 aliphatic carbocycles. The zero-order valence-corrected chi connectivity index (χ0v) is 13.1. The standard InChI is InChI=1S/C15H16BrNO4/c16-5-8-20-14-13(18)11-3-1-2-4-12(11)21-15(14)17-6-9-19-10-7-17/h1-4H,5-10H2. The van der Waals surface area contributed by atoms with Crippen molar-refractivity contribution in [1.29, 1.82) is 0 Å². The molecule has 5 nitrogen and oxygen atoms in total. The molecule has 0 unspecified atom stereocenters. The number of nitrogens with zero attached hydrogens (tertiary/aromatic N) is 1. The van der Waals surface area contributed by atoms with E-state index in [4.69, 9.17) is 13.9 Å². The third kappa shape index (κ3) is 2.91. The number of anilines is 1. The Labute approximate surface area is 130 Å². The van der Waals surface area contributed by atoms with Crippen molar-refractivity contribution >= 4 is 32.8 Å². The van der Waals surface area contributed by atoms with Gasteiger partial charge in [-0.1, -0.05) is 28.1 Å². The molecule has 1 aromatic heterocycles. The van der Waals surface area contributed by atoms with Crippen LogP contribution in [0.15, 0.2) is 33.5 Å². The van der Waals surface area contributed by atoms with Crippen molar-refractivity contribution in [2.45, 2.75) is 0 Å². The second-order valence-corrected chi connectivity index (χ2v) is 5.49. The first kappa shape index (κ1) is 14.4. The van der Waals surface area contributed by atoms with Crippen LogP contribution in [0.3, 0.4) is 0 Å². The third-order valence-corrected chi connectivity index (χ3v) is 3.68. The highest BCUT2D eigenvalue weighted by atomic mass is 79.9. The molecule has 0 spiro atoms. The fourth-order valence-electron chi connectivity index (χ4n) is 2.36. The molecular weight excluding hydrogens is 338 g/mol. The van der Waals surface area contributed by atoms with E-state index in [0.29, 0.717) is 55.1 Å². The van der Waals surface area contributed by atoms with E-state index in [1.165, 1.54) is 0 Å². The van der Waals surface area contributed by atoms with Gasteiger partial charge in [-0.05, 0) is 12.1 Å². The Balaban J connectivity index is 2.12. The van der Waals surface area contributed by atoms with E-state index in [0.717, 1.165) is 0 Å². The lowest BCUT2D eigenvalue weighted by molar-refractivity contribution is 0.120. The van der Waals surface area contributed by atoms with Crippen LogP contribution in [0.4, 0.5) is 5.88 Å². The minimum absolute atomic E-state index is 0.126. The number of ether oxygens (including phenoxy) is 2. The van der Waals surface area contributed by atoms with Crippen LogP contribution < -0.4 is 15.1 Å². The minimum atomic E-state index is -0.126. The Morgan fingerprint density at radius 2 is 2.00 bits per heavy atom.